The van der Waals surface area contributed by atoms with E-state index in [9.17, 15) is 0 Å². The topological polar surface area (TPSA) is 0 Å². The van der Waals surface area contributed by atoms with Crippen molar-refractivity contribution >= 4 is 12.2 Å². The average molecular weight is 661 g/mol. The molecule has 0 bridgehead atoms. The number of rotatable bonds is 8. The van der Waals surface area contributed by atoms with Gasteiger partial charge >= 0.3 is 0 Å². The Morgan fingerprint density at radius 2 is 0.804 bits per heavy atom. The lowest BCUT2D eigenvalue weighted by molar-refractivity contribution is 0.684. The smallest absolute Gasteiger partial charge is 0.0613 e. The molecule has 0 saturated heterocycles. The lowest BCUT2D eigenvalue weighted by atomic mass is 9.63. The normalized spacial score (nSPS) is 13.7. The number of fused-ring (bicyclic) bond motifs is 2. The molecule has 2 aliphatic rings. The third kappa shape index (κ3) is 5.81. The van der Waals surface area contributed by atoms with E-state index in [-0.39, 0.29) is 0 Å². The van der Waals surface area contributed by atoms with Crippen LogP contribution in [0.2, 0.25) is 0 Å². The Hall–Kier alpha value is -5.20. The maximum Gasteiger partial charge on any atom is 0.0634 e. The van der Waals surface area contributed by atoms with E-state index in [2.05, 4.69) is 187 Å². The summed E-state index contributed by atoms with van der Waals surface area (Å²) >= 11 is 0. The molecule has 0 heterocycles. The molecule has 0 aliphatic heterocycles. The van der Waals surface area contributed by atoms with Crippen molar-refractivity contribution in [2.45, 2.75) is 71.6 Å². The van der Waals surface area contributed by atoms with E-state index >= 15 is 0 Å². The molecular formula is C51H48. The highest BCUT2D eigenvalue weighted by atomic mass is 14.5. The first-order valence-electron chi connectivity index (χ1n) is 18.7. The molecule has 0 N–H and O–H groups in total. The summed E-state index contributed by atoms with van der Waals surface area (Å²) in [7, 11) is 0. The Morgan fingerprint density at radius 3 is 1.16 bits per heavy atom. The number of benzene rings is 6. The fourth-order valence-electron chi connectivity index (χ4n) is 8.54. The first kappa shape index (κ1) is 33.0. The van der Waals surface area contributed by atoms with Crippen molar-refractivity contribution in [2.24, 2.45) is 0 Å². The van der Waals surface area contributed by atoms with Crippen LogP contribution in [0.5, 0.6) is 0 Å². The quantitative estimate of drug-likeness (QED) is 0.152. The van der Waals surface area contributed by atoms with Crippen molar-refractivity contribution in [3.8, 4) is 22.3 Å². The zero-order valence-electron chi connectivity index (χ0n) is 30.9. The fourth-order valence-corrected chi connectivity index (χ4v) is 8.54. The summed E-state index contributed by atoms with van der Waals surface area (Å²) in [5.41, 5.74) is 21.2. The van der Waals surface area contributed by atoms with Gasteiger partial charge in [-0.25, -0.2) is 0 Å². The second-order valence-corrected chi connectivity index (χ2v) is 15.5. The van der Waals surface area contributed by atoms with Gasteiger partial charge in [0.15, 0.2) is 0 Å². The van der Waals surface area contributed by atoms with Crippen LogP contribution in [0.1, 0.15) is 95.2 Å². The second-order valence-electron chi connectivity index (χ2n) is 15.5. The van der Waals surface area contributed by atoms with Gasteiger partial charge in [-0.3, -0.25) is 0 Å². The van der Waals surface area contributed by atoms with Crippen LogP contribution in [-0.2, 0) is 18.3 Å². The van der Waals surface area contributed by atoms with Crippen molar-refractivity contribution in [3.05, 3.63) is 200 Å². The minimum atomic E-state index is -0.434. The van der Waals surface area contributed by atoms with Gasteiger partial charge in [0.25, 0.3) is 0 Å². The summed E-state index contributed by atoms with van der Waals surface area (Å²) < 4.78 is 0. The Morgan fingerprint density at radius 1 is 0.431 bits per heavy atom. The molecule has 0 spiro atoms. The first-order valence-corrected chi connectivity index (χ1v) is 18.7. The van der Waals surface area contributed by atoms with Gasteiger partial charge in [0, 0.05) is 0 Å². The highest BCUT2D eigenvalue weighted by Crippen LogP contribution is 2.54. The van der Waals surface area contributed by atoms with Gasteiger partial charge in [-0.15, -0.1) is 0 Å². The first-order chi connectivity index (χ1) is 24.7. The van der Waals surface area contributed by atoms with Gasteiger partial charge in [0.05, 0.1) is 5.41 Å². The van der Waals surface area contributed by atoms with Crippen LogP contribution in [0.3, 0.4) is 0 Å². The molecule has 252 valence electrons. The molecule has 6 aromatic rings. The molecule has 0 heteroatoms. The molecule has 0 amide bonds. The SMILES string of the molecule is Cc1ccc(C(C2=Cc3c(cccc3-c3ccc(C(C)C)cc3)C2)(C2=Cc3c(cccc3-c3ccc(C(C)C)cc3)C2)c2ccc(C)cc2)cc1. The van der Waals surface area contributed by atoms with Crippen molar-refractivity contribution in [1.82, 2.24) is 0 Å². The van der Waals surface area contributed by atoms with Crippen LogP contribution in [0.4, 0.5) is 0 Å². The predicted octanol–water partition coefficient (Wildman–Crippen LogP) is 13.4. The monoisotopic (exact) mass is 660 g/mol. The Balaban J connectivity index is 1.35. The highest BCUT2D eigenvalue weighted by molar-refractivity contribution is 5.87. The zero-order valence-corrected chi connectivity index (χ0v) is 30.9. The van der Waals surface area contributed by atoms with Crippen LogP contribution < -0.4 is 0 Å². The lowest BCUT2D eigenvalue weighted by Crippen LogP contribution is -2.33. The van der Waals surface area contributed by atoms with E-state index < -0.39 is 5.41 Å². The van der Waals surface area contributed by atoms with Crippen molar-refractivity contribution < 1.29 is 0 Å². The molecule has 0 atom stereocenters. The Bertz CT molecular complexity index is 2100. The molecular weight excluding hydrogens is 613 g/mol. The minimum Gasteiger partial charge on any atom is -0.0613 e. The molecule has 0 aromatic heterocycles. The Labute approximate surface area is 305 Å². The summed E-state index contributed by atoms with van der Waals surface area (Å²) in [6.07, 6.45) is 6.92. The van der Waals surface area contributed by atoms with E-state index in [1.807, 2.05) is 0 Å². The standard InChI is InChI=1S/C51H48/c1-33(2)37-17-21-39(22-18-37)47-11-7-9-41-29-45(31-49(41)47)51(43-25-13-35(5)14-26-43,44-27-15-36(6)16-28-44)46-30-42-10-8-12-48(50(42)32-46)40-23-19-38(20-24-40)34(3)4/h7-28,31-34H,29-30H2,1-6H3. The summed E-state index contributed by atoms with van der Waals surface area (Å²) in [5, 5.41) is 0. The van der Waals surface area contributed by atoms with Gasteiger partial charge in [0.1, 0.15) is 0 Å². The maximum absolute atomic E-state index is 2.55. The summed E-state index contributed by atoms with van der Waals surface area (Å²) in [6.45, 7) is 13.5. The van der Waals surface area contributed by atoms with Crippen molar-refractivity contribution in [2.75, 3.05) is 0 Å². The van der Waals surface area contributed by atoms with Gasteiger partial charge in [-0.05, 0) is 116 Å². The molecule has 0 radical (unpaired) electrons. The van der Waals surface area contributed by atoms with Crippen molar-refractivity contribution in [1.29, 1.82) is 0 Å². The average Bonchev–Trinajstić information content (AvgIpc) is 3.79. The van der Waals surface area contributed by atoms with E-state index in [1.54, 1.807) is 0 Å². The molecule has 51 heavy (non-hydrogen) atoms. The molecule has 0 nitrogen and oxygen atoms in total. The number of allylic oxidation sites excluding steroid dienone is 2. The maximum atomic E-state index is 2.55. The molecule has 8 rings (SSSR count). The van der Waals surface area contributed by atoms with Crippen LogP contribution >= 0.6 is 0 Å². The van der Waals surface area contributed by atoms with Gasteiger partial charge in [-0.1, -0.05) is 184 Å². The van der Waals surface area contributed by atoms with E-state index in [4.69, 9.17) is 0 Å². The third-order valence-corrected chi connectivity index (χ3v) is 11.5. The number of hydrogen-bond donors (Lipinski definition) is 0. The Kier molecular flexibility index (Phi) is 8.51. The molecule has 2 aliphatic carbocycles. The van der Waals surface area contributed by atoms with E-state index in [0.29, 0.717) is 11.8 Å². The third-order valence-electron chi connectivity index (χ3n) is 11.5. The van der Waals surface area contributed by atoms with Gasteiger partial charge in [-0.2, -0.15) is 0 Å². The van der Waals surface area contributed by atoms with E-state index in [0.717, 1.165) is 12.8 Å². The largest absolute Gasteiger partial charge is 0.0634 e. The van der Waals surface area contributed by atoms with Crippen LogP contribution in [0.15, 0.2) is 145 Å². The van der Waals surface area contributed by atoms with E-state index in [1.165, 1.54) is 89.0 Å². The lowest BCUT2D eigenvalue weighted by Gasteiger charge is -2.39. The zero-order chi connectivity index (χ0) is 35.3. The second kappa shape index (κ2) is 13.2. The highest BCUT2D eigenvalue weighted by Gasteiger charge is 2.45. The van der Waals surface area contributed by atoms with Crippen LogP contribution in [0, 0.1) is 13.8 Å². The molecule has 0 fully saturated rings. The predicted molar refractivity (Wildman–Crippen MR) is 218 cm³/mol. The van der Waals surface area contributed by atoms with Gasteiger partial charge in [0.2, 0.25) is 0 Å². The van der Waals surface area contributed by atoms with Crippen molar-refractivity contribution in [3.63, 3.8) is 0 Å². The summed E-state index contributed by atoms with van der Waals surface area (Å²) in [4.78, 5) is 0. The number of hydrogen-bond acceptors (Lipinski definition) is 0. The van der Waals surface area contributed by atoms with Crippen LogP contribution in [-0.4, -0.2) is 0 Å². The molecule has 0 unspecified atom stereocenters. The minimum absolute atomic E-state index is 0.434. The summed E-state index contributed by atoms with van der Waals surface area (Å²) in [5.74, 6) is 1.03. The van der Waals surface area contributed by atoms with Crippen LogP contribution in [0.25, 0.3) is 34.4 Å². The van der Waals surface area contributed by atoms with Gasteiger partial charge < -0.3 is 0 Å². The number of aryl methyl sites for hydroxylation is 2. The molecule has 6 aromatic carbocycles. The molecule has 0 saturated carbocycles. The summed E-state index contributed by atoms with van der Waals surface area (Å²) in [6, 6.07) is 51.0. The fraction of sp³-hybridized carbons (Fsp3) is 0.216.